The molecule has 0 heterocycles. The van der Waals surface area contributed by atoms with Gasteiger partial charge in [-0.1, -0.05) is 47.5 Å². The standard InChI is InChI=1S/C20H36N2O2/c1-15(2)9-7-11-17(5)13-19(21-23)20(22-24)14-18(6)12-8-10-16(3)4/h9-10,17-18,23-24H,7-8,11-14H2,1-6H3/t17-,18-/m0/s1. The zero-order chi connectivity index (χ0) is 18.5. The SMILES string of the molecule is CC(C)=CCC[C@H](C)CC(=NO)C(C[C@@H](C)CCC=C(C)C)=NO. The molecule has 0 aliphatic heterocycles. The van der Waals surface area contributed by atoms with Crippen LogP contribution in [0.4, 0.5) is 0 Å². The highest BCUT2D eigenvalue weighted by Crippen LogP contribution is 2.18. The minimum Gasteiger partial charge on any atom is -0.411 e. The Labute approximate surface area is 148 Å². The first-order chi connectivity index (χ1) is 11.3. The van der Waals surface area contributed by atoms with Crippen molar-refractivity contribution in [3.8, 4) is 0 Å². The van der Waals surface area contributed by atoms with Crippen LogP contribution in [-0.4, -0.2) is 21.8 Å². The molecule has 0 bridgehead atoms. The van der Waals surface area contributed by atoms with Crippen LogP contribution in [0.25, 0.3) is 0 Å². The summed E-state index contributed by atoms with van der Waals surface area (Å²) in [7, 11) is 0. The van der Waals surface area contributed by atoms with Crippen LogP contribution in [0.5, 0.6) is 0 Å². The maximum absolute atomic E-state index is 9.33. The molecule has 0 saturated heterocycles. The third kappa shape index (κ3) is 11.0. The van der Waals surface area contributed by atoms with Crippen molar-refractivity contribution in [3.63, 3.8) is 0 Å². The summed E-state index contributed by atoms with van der Waals surface area (Å²) in [6.07, 6.45) is 9.80. The molecule has 0 aliphatic rings. The summed E-state index contributed by atoms with van der Waals surface area (Å²) in [5.74, 6) is 0.758. The van der Waals surface area contributed by atoms with Crippen molar-refractivity contribution in [2.45, 2.75) is 80.1 Å². The van der Waals surface area contributed by atoms with Crippen LogP contribution < -0.4 is 0 Å². The van der Waals surface area contributed by atoms with Gasteiger partial charge in [-0.3, -0.25) is 0 Å². The van der Waals surface area contributed by atoms with Gasteiger partial charge in [0, 0.05) is 0 Å². The third-order valence-corrected chi connectivity index (χ3v) is 4.08. The Bertz CT molecular complexity index is 424. The molecule has 0 aliphatic carbocycles. The van der Waals surface area contributed by atoms with Crippen LogP contribution in [-0.2, 0) is 0 Å². The lowest BCUT2D eigenvalue weighted by Crippen LogP contribution is -2.20. The molecule has 0 spiro atoms. The smallest absolute Gasteiger partial charge is 0.105 e. The van der Waals surface area contributed by atoms with E-state index in [1.165, 1.54) is 11.1 Å². The second kappa shape index (κ2) is 12.8. The Kier molecular flexibility index (Phi) is 12.0. The summed E-state index contributed by atoms with van der Waals surface area (Å²) in [5.41, 5.74) is 3.66. The Morgan fingerprint density at radius 3 is 1.33 bits per heavy atom. The second-order valence-electron chi connectivity index (χ2n) is 7.43. The fraction of sp³-hybridized carbons (Fsp3) is 0.700. The molecule has 2 atom stereocenters. The molecule has 0 aromatic heterocycles. The predicted octanol–water partition coefficient (Wildman–Crippen LogP) is 6.19. The first-order valence-electron chi connectivity index (χ1n) is 8.99. The van der Waals surface area contributed by atoms with Gasteiger partial charge in [0.2, 0.25) is 0 Å². The molecule has 2 N–H and O–H groups in total. The topological polar surface area (TPSA) is 65.2 Å². The van der Waals surface area contributed by atoms with Gasteiger partial charge in [0.15, 0.2) is 0 Å². The highest BCUT2D eigenvalue weighted by molar-refractivity contribution is 6.42. The van der Waals surface area contributed by atoms with Gasteiger partial charge in [-0.05, 0) is 78.1 Å². The minimum absolute atomic E-state index is 0.379. The van der Waals surface area contributed by atoms with Gasteiger partial charge in [-0.15, -0.1) is 0 Å². The lowest BCUT2D eigenvalue weighted by molar-refractivity contribution is 0.310. The number of allylic oxidation sites excluding steroid dienone is 4. The van der Waals surface area contributed by atoms with Gasteiger partial charge in [0.1, 0.15) is 11.4 Å². The molecular formula is C20H36N2O2. The van der Waals surface area contributed by atoms with E-state index in [2.05, 4.69) is 64.0 Å². The van der Waals surface area contributed by atoms with Gasteiger partial charge >= 0.3 is 0 Å². The van der Waals surface area contributed by atoms with Gasteiger partial charge < -0.3 is 10.4 Å². The number of hydrogen-bond donors (Lipinski definition) is 2. The maximum Gasteiger partial charge on any atom is 0.105 e. The van der Waals surface area contributed by atoms with Crippen molar-refractivity contribution in [2.75, 3.05) is 0 Å². The summed E-state index contributed by atoms with van der Waals surface area (Å²) in [6, 6.07) is 0. The predicted molar refractivity (Wildman–Crippen MR) is 103 cm³/mol. The van der Waals surface area contributed by atoms with Crippen molar-refractivity contribution < 1.29 is 10.4 Å². The third-order valence-electron chi connectivity index (χ3n) is 4.08. The average molecular weight is 337 g/mol. The molecule has 0 unspecified atom stereocenters. The quantitative estimate of drug-likeness (QED) is 0.204. The maximum atomic E-state index is 9.33. The molecule has 0 aromatic rings. The molecule has 0 rings (SSSR count). The van der Waals surface area contributed by atoms with Crippen LogP contribution in [0.3, 0.4) is 0 Å². The van der Waals surface area contributed by atoms with Crippen LogP contribution in [0, 0.1) is 11.8 Å². The normalized spacial score (nSPS) is 14.9. The Balaban J connectivity index is 4.54. The molecule has 24 heavy (non-hydrogen) atoms. The van der Waals surface area contributed by atoms with E-state index < -0.39 is 0 Å². The molecule has 138 valence electrons. The van der Waals surface area contributed by atoms with Crippen molar-refractivity contribution in [2.24, 2.45) is 22.1 Å². The van der Waals surface area contributed by atoms with E-state index in [1.54, 1.807) is 0 Å². The first-order valence-corrected chi connectivity index (χ1v) is 8.99. The summed E-state index contributed by atoms with van der Waals surface area (Å²) in [4.78, 5) is 0. The summed E-state index contributed by atoms with van der Waals surface area (Å²) >= 11 is 0. The van der Waals surface area contributed by atoms with E-state index >= 15 is 0 Å². The number of nitrogens with zero attached hydrogens (tertiary/aromatic N) is 2. The minimum atomic E-state index is 0.379. The fourth-order valence-electron chi connectivity index (χ4n) is 2.61. The van der Waals surface area contributed by atoms with Crippen molar-refractivity contribution in [1.29, 1.82) is 0 Å². The highest BCUT2D eigenvalue weighted by atomic mass is 16.4. The van der Waals surface area contributed by atoms with Gasteiger partial charge in [-0.25, -0.2) is 0 Å². The van der Waals surface area contributed by atoms with Crippen molar-refractivity contribution in [1.82, 2.24) is 0 Å². The number of oxime groups is 2. The number of rotatable bonds is 11. The Hall–Kier alpha value is -1.58. The van der Waals surface area contributed by atoms with Gasteiger partial charge in [-0.2, -0.15) is 0 Å². The summed E-state index contributed by atoms with van der Waals surface area (Å²) in [5, 5.41) is 25.5. The summed E-state index contributed by atoms with van der Waals surface area (Å²) in [6.45, 7) is 12.7. The molecular weight excluding hydrogens is 300 g/mol. The van der Waals surface area contributed by atoms with Crippen LogP contribution in [0.15, 0.2) is 33.6 Å². The van der Waals surface area contributed by atoms with Crippen LogP contribution in [0.2, 0.25) is 0 Å². The molecule has 0 amide bonds. The van der Waals surface area contributed by atoms with Crippen molar-refractivity contribution in [3.05, 3.63) is 23.3 Å². The van der Waals surface area contributed by atoms with Crippen LogP contribution in [0.1, 0.15) is 80.1 Å². The molecule has 4 heteroatoms. The monoisotopic (exact) mass is 336 g/mol. The summed E-state index contributed by atoms with van der Waals surface area (Å²) < 4.78 is 0. The van der Waals surface area contributed by atoms with E-state index in [0.717, 1.165) is 25.7 Å². The molecule has 0 radical (unpaired) electrons. The van der Waals surface area contributed by atoms with E-state index in [9.17, 15) is 10.4 Å². The van der Waals surface area contributed by atoms with E-state index in [1.807, 2.05) is 0 Å². The largest absolute Gasteiger partial charge is 0.411 e. The zero-order valence-corrected chi connectivity index (χ0v) is 16.3. The number of hydrogen-bond acceptors (Lipinski definition) is 4. The lowest BCUT2D eigenvalue weighted by atomic mass is 9.91. The first kappa shape index (κ1) is 22.4. The van der Waals surface area contributed by atoms with E-state index in [0.29, 0.717) is 36.1 Å². The average Bonchev–Trinajstić information content (AvgIpc) is 2.49. The van der Waals surface area contributed by atoms with Gasteiger partial charge in [0.25, 0.3) is 0 Å². The zero-order valence-electron chi connectivity index (χ0n) is 16.3. The van der Waals surface area contributed by atoms with E-state index in [-0.39, 0.29) is 0 Å². The lowest BCUT2D eigenvalue weighted by Gasteiger charge is -2.15. The van der Waals surface area contributed by atoms with E-state index in [4.69, 9.17) is 0 Å². The Morgan fingerprint density at radius 1 is 0.750 bits per heavy atom. The molecule has 4 nitrogen and oxygen atoms in total. The molecule has 0 aromatic carbocycles. The Morgan fingerprint density at radius 2 is 1.08 bits per heavy atom. The molecule has 0 fully saturated rings. The van der Waals surface area contributed by atoms with Crippen molar-refractivity contribution >= 4 is 11.4 Å². The molecule has 0 saturated carbocycles. The van der Waals surface area contributed by atoms with Gasteiger partial charge in [0.05, 0.1) is 0 Å². The van der Waals surface area contributed by atoms with Crippen LogP contribution >= 0.6 is 0 Å². The fourth-order valence-corrected chi connectivity index (χ4v) is 2.61. The second-order valence-corrected chi connectivity index (χ2v) is 7.43. The highest BCUT2D eigenvalue weighted by Gasteiger charge is 2.17.